The first kappa shape index (κ1) is 81.5. The first-order valence-electron chi connectivity index (χ1n) is 29.8. The second kappa shape index (κ2) is 34.0. The summed E-state index contributed by atoms with van der Waals surface area (Å²) in [6.45, 7) is 31.4. The number of nitrogens with zero attached hydrogens (tertiary/aromatic N) is 9. The minimum atomic E-state index is -4.34. The third-order valence-corrected chi connectivity index (χ3v) is 22.4. The predicted octanol–water partition coefficient (Wildman–Crippen LogP) is 7.43. The van der Waals surface area contributed by atoms with Crippen LogP contribution in [0.15, 0.2) is 36.9 Å². The number of nitriles is 2. The summed E-state index contributed by atoms with van der Waals surface area (Å²) in [6.07, 6.45) is -4.68. The van der Waals surface area contributed by atoms with E-state index in [0.29, 0.717) is 35.8 Å². The van der Waals surface area contributed by atoms with E-state index in [1.807, 2.05) is 53.7 Å². The van der Waals surface area contributed by atoms with Gasteiger partial charge in [0.2, 0.25) is 11.2 Å². The van der Waals surface area contributed by atoms with E-state index in [4.69, 9.17) is 43.6 Å². The molecule has 9 N–H and O–H groups in total. The van der Waals surface area contributed by atoms with Gasteiger partial charge in [-0.25, -0.2) is 28.2 Å². The summed E-state index contributed by atoms with van der Waals surface area (Å²) in [4.78, 5) is 56.4. The molecule has 4 aromatic heterocycles. The maximum absolute atomic E-state index is 13.6. The summed E-state index contributed by atoms with van der Waals surface area (Å²) in [6, 6.07) is 10.5. The summed E-state index contributed by atoms with van der Waals surface area (Å²) >= 11 is 4.64. The van der Waals surface area contributed by atoms with Crippen molar-refractivity contribution >= 4 is 107 Å². The van der Waals surface area contributed by atoms with E-state index in [9.17, 15) is 59.8 Å². The maximum Gasteiger partial charge on any atom is 0.474 e. The molecule has 34 heteroatoms. The molecule has 6 rings (SSSR count). The fourth-order valence-corrected chi connectivity index (χ4v) is 15.2. The number of phosphoric acid groups is 1. The number of aliphatic hydroxyl groups is 5. The number of thioether (sulfide) groups is 4. The summed E-state index contributed by atoms with van der Waals surface area (Å²) < 4.78 is 58.5. The number of ether oxygens (including phenoxy) is 2. The van der Waals surface area contributed by atoms with Gasteiger partial charge in [-0.2, -0.15) is 20.7 Å². The first-order valence-corrected chi connectivity index (χ1v) is 36.3. The van der Waals surface area contributed by atoms with Gasteiger partial charge in [-0.1, -0.05) is 130 Å². The van der Waals surface area contributed by atoms with Gasteiger partial charge in [0, 0.05) is 56.8 Å². The van der Waals surface area contributed by atoms with E-state index in [-0.39, 0.29) is 91.1 Å². The molecule has 28 nitrogen and oxygen atoms in total. The van der Waals surface area contributed by atoms with Crippen molar-refractivity contribution < 1.29 is 81.4 Å². The number of fused-ring (bicyclic) bond motifs is 2. The fraction of sp³-hybridized carbons (Fsp3) is 0.695. The zero-order valence-corrected chi connectivity index (χ0v) is 61.0. The number of carbonyl (C=O) groups is 4. The van der Waals surface area contributed by atoms with Crippen molar-refractivity contribution in [2.75, 3.05) is 74.1 Å². The second-order valence-electron chi connectivity index (χ2n) is 26.4. The van der Waals surface area contributed by atoms with Crippen LogP contribution >= 0.6 is 63.4 Å². The second-order valence-corrected chi connectivity index (χ2v) is 33.8. The molecule has 93 heavy (non-hydrogen) atoms. The molecular formula is C59H93N11O17P2S4. The van der Waals surface area contributed by atoms with Crippen LogP contribution in [0.5, 0.6) is 0 Å². The van der Waals surface area contributed by atoms with Crippen LogP contribution in [-0.4, -0.2) is 191 Å². The molecular weight excluding hydrogens is 1320 g/mol. The Balaban J connectivity index is 0.000000321. The van der Waals surface area contributed by atoms with Crippen molar-refractivity contribution in [3.05, 3.63) is 48.3 Å². The molecule has 0 aromatic carbocycles. The molecule has 4 aromatic rings. The van der Waals surface area contributed by atoms with Crippen molar-refractivity contribution in [1.29, 1.82) is 10.5 Å². The van der Waals surface area contributed by atoms with Gasteiger partial charge in [0.1, 0.15) is 71.9 Å². The van der Waals surface area contributed by atoms with Gasteiger partial charge in [-0.05, 0) is 58.9 Å². The number of carbonyl (C=O) groups excluding carboxylic acids is 4. The lowest BCUT2D eigenvalue weighted by Gasteiger charge is -2.35. The molecule has 0 bridgehead atoms. The van der Waals surface area contributed by atoms with Crippen LogP contribution in [-0.2, 0) is 67.0 Å². The number of hydrogen-bond donors (Lipinski definition) is 7. The van der Waals surface area contributed by atoms with E-state index >= 15 is 0 Å². The van der Waals surface area contributed by atoms with Crippen LogP contribution in [0.3, 0.4) is 0 Å². The van der Waals surface area contributed by atoms with E-state index in [1.165, 1.54) is 64.3 Å². The zero-order valence-electron chi connectivity index (χ0n) is 55.9. The Morgan fingerprint density at radius 2 is 1.05 bits per heavy atom. The average Bonchev–Trinajstić information content (AvgIpc) is 1.60. The monoisotopic (exact) mass is 1420 g/mol. The summed E-state index contributed by atoms with van der Waals surface area (Å²) in [5.41, 5.74) is 4.68. The molecule has 0 saturated carbocycles. The molecule has 0 radical (unpaired) electrons. The van der Waals surface area contributed by atoms with Gasteiger partial charge in [0.25, 0.3) is 8.53 Å². The largest absolute Gasteiger partial charge is 0.474 e. The maximum atomic E-state index is 13.6. The topological polar surface area (TPSA) is 414 Å². The van der Waals surface area contributed by atoms with Crippen molar-refractivity contribution in [1.82, 2.24) is 33.9 Å². The molecule has 2 aliphatic rings. The number of hydrogen-bond acceptors (Lipinski definition) is 30. The molecule has 2 aliphatic heterocycles. The first-order chi connectivity index (χ1) is 43.0. The quantitative estimate of drug-likeness (QED) is 0.0250. The summed E-state index contributed by atoms with van der Waals surface area (Å²) in [7, 11) is -5.58. The third-order valence-electron chi connectivity index (χ3n) is 13.9. The number of rotatable bonds is 25. The Morgan fingerprint density at radius 1 is 0.656 bits per heavy atom. The van der Waals surface area contributed by atoms with Crippen LogP contribution in [0, 0.1) is 44.3 Å². The van der Waals surface area contributed by atoms with Crippen LogP contribution in [0.1, 0.15) is 129 Å². The molecule has 520 valence electrons. The van der Waals surface area contributed by atoms with Crippen LogP contribution in [0.4, 0.5) is 11.6 Å². The molecule has 0 spiro atoms. The number of nitrogens with two attached hydrogens (primary N) is 2. The van der Waals surface area contributed by atoms with Crippen molar-refractivity contribution in [3.63, 3.8) is 0 Å². The lowest BCUT2D eigenvalue weighted by Crippen LogP contribution is -2.52. The standard InChI is InChI=1S/C27H40N5O9PS2.C20H40NO4PS2.C12H13N5O4/c1-24(2,3)22(34)43-12-10-38-42(37,39-11-13-44-23(35)25(4,5)6)40-14-18-20(33)26(7,36)27(15-28,41-18)19-9-8-17-21(29)30-16-31-32(17)19;1-15(2)21(16(3)4)26(24-11-13-27-17(22)19(5,6)7)25-12-14-28-18(23)20(8,9)10;13-4-12(10(20)9(19)7(3-18)21-12)8-2-1-6-11(14)15-5-16-17(6)8/h8-9,16,18,20,33,36H,10-14H2,1-7H3,(H2,29,30,31);15-16H,11-14H2,1-10H3;1-2,5,7,9-10,18-20H,3H2,(H2,14,15,16)/t18-,20-,26-,27+;;7-,9-,10-,12+/m1.1/s1. The van der Waals surface area contributed by atoms with Gasteiger partial charge in [0.05, 0.1) is 51.0 Å². The number of anilines is 2. The Kier molecular flexibility index (Phi) is 29.8. The zero-order chi connectivity index (χ0) is 70.5. The summed E-state index contributed by atoms with van der Waals surface area (Å²) in [5.74, 6) is 1.86. The Bertz CT molecular complexity index is 3220. The van der Waals surface area contributed by atoms with Gasteiger partial charge in [-0.15, -0.1) is 0 Å². The van der Waals surface area contributed by atoms with Crippen molar-refractivity contribution in [2.24, 2.45) is 21.7 Å². The number of aliphatic hydroxyl groups excluding tert-OH is 4. The van der Waals surface area contributed by atoms with Crippen LogP contribution in [0.2, 0.25) is 0 Å². The number of aromatic nitrogens is 6. The van der Waals surface area contributed by atoms with Gasteiger partial charge in [-0.3, -0.25) is 32.7 Å². The predicted molar refractivity (Wildman–Crippen MR) is 359 cm³/mol. The fourth-order valence-electron chi connectivity index (χ4n) is 8.76. The van der Waals surface area contributed by atoms with Gasteiger partial charge in [0.15, 0.2) is 32.1 Å². The molecule has 8 atom stereocenters. The van der Waals surface area contributed by atoms with Crippen LogP contribution in [0.25, 0.3) is 11.0 Å². The smallest absolute Gasteiger partial charge is 0.394 e. The normalized spacial score (nSPS) is 22.9. The van der Waals surface area contributed by atoms with Gasteiger partial charge >= 0.3 is 7.82 Å². The molecule has 2 fully saturated rings. The minimum absolute atomic E-state index is 0.0763. The highest BCUT2D eigenvalue weighted by Crippen LogP contribution is 2.53. The Labute approximate surface area is 562 Å². The highest BCUT2D eigenvalue weighted by Gasteiger charge is 2.66. The SMILES string of the molecule is CC(C)(C)C(=O)SCCOP(=O)(OCCSC(=O)C(C)(C)C)OC[C@H]1O[C@@](C#N)(c2ccc3c(N)ncnn23)[C@](C)(O)[C@@H]1O.CC(C)N(C(C)C)P(OCCSC(=O)C(C)(C)C)OCCSC(=O)C(C)(C)C.N#C[C@@]1(c2ccc3c(N)ncnn23)O[C@H](CO)[C@@H](O)[C@H]1O. The molecule has 2 saturated heterocycles. The molecule has 0 aliphatic carbocycles. The lowest BCUT2D eigenvalue weighted by molar-refractivity contribution is -0.118. The van der Waals surface area contributed by atoms with E-state index < -0.39 is 87.7 Å². The summed E-state index contributed by atoms with van der Waals surface area (Å²) in [5, 5.41) is 79.8. The Hall–Kier alpha value is -3.96. The Morgan fingerprint density at radius 3 is 1.42 bits per heavy atom. The van der Waals surface area contributed by atoms with E-state index in [2.05, 4.69) is 52.5 Å². The third kappa shape index (κ3) is 20.8. The highest BCUT2D eigenvalue weighted by molar-refractivity contribution is 8.14. The van der Waals surface area contributed by atoms with Gasteiger partial charge < -0.3 is 55.5 Å². The number of phosphoric ester groups is 1. The van der Waals surface area contributed by atoms with Crippen LogP contribution < -0.4 is 11.5 Å². The lowest BCUT2D eigenvalue weighted by atomic mass is 9.80. The van der Waals surface area contributed by atoms with E-state index in [0.717, 1.165) is 23.5 Å². The number of nitrogen functional groups attached to an aromatic ring is 2. The average molecular weight is 1420 g/mol. The minimum Gasteiger partial charge on any atom is -0.394 e. The molecule has 0 unspecified atom stereocenters. The van der Waals surface area contributed by atoms with Crippen molar-refractivity contribution in [3.8, 4) is 12.1 Å². The molecule has 6 heterocycles. The van der Waals surface area contributed by atoms with E-state index in [1.54, 1.807) is 53.7 Å². The molecule has 0 amide bonds. The highest BCUT2D eigenvalue weighted by atomic mass is 32.2. The van der Waals surface area contributed by atoms with Crippen molar-refractivity contribution in [2.45, 2.75) is 177 Å².